The van der Waals surface area contributed by atoms with Gasteiger partial charge in [-0.15, -0.1) is 0 Å². The topological polar surface area (TPSA) is 31.4 Å². The van der Waals surface area contributed by atoms with E-state index in [1.165, 1.54) is 0 Å². The molecule has 0 amide bonds. The van der Waals surface area contributed by atoms with Gasteiger partial charge in [-0.3, -0.25) is 4.98 Å². The van der Waals surface area contributed by atoms with Crippen molar-refractivity contribution in [3.63, 3.8) is 0 Å². The van der Waals surface area contributed by atoms with Crippen molar-refractivity contribution in [2.24, 2.45) is 0 Å². The van der Waals surface area contributed by atoms with Gasteiger partial charge < -0.3 is 9.47 Å². The van der Waals surface area contributed by atoms with Crippen molar-refractivity contribution in [1.29, 1.82) is 0 Å². The average molecular weight is 228 g/mol. The summed E-state index contributed by atoms with van der Waals surface area (Å²) in [6, 6.07) is 12.8. The van der Waals surface area contributed by atoms with E-state index in [1.807, 2.05) is 36.5 Å². The average Bonchev–Trinajstić information content (AvgIpc) is 2.41. The van der Waals surface area contributed by atoms with E-state index in [0.717, 1.165) is 16.9 Å². The Labute approximate surface area is 101 Å². The third kappa shape index (κ3) is 3.29. The van der Waals surface area contributed by atoms with Crippen LogP contribution in [0.3, 0.4) is 0 Å². The monoisotopic (exact) mass is 228 g/mol. The molecule has 0 fully saturated rings. The quantitative estimate of drug-likeness (QED) is 0.737. The summed E-state index contributed by atoms with van der Waals surface area (Å²) >= 11 is 0. The van der Waals surface area contributed by atoms with Crippen LogP contribution in [0.2, 0.25) is 0 Å². The minimum absolute atomic E-state index is 0.530. The summed E-state index contributed by atoms with van der Waals surface area (Å²) in [6.45, 7) is 1.10. The molecular formula is C14H14NO2. The van der Waals surface area contributed by atoms with Gasteiger partial charge in [-0.05, 0) is 23.8 Å². The van der Waals surface area contributed by atoms with E-state index in [1.54, 1.807) is 13.3 Å². The van der Waals surface area contributed by atoms with Crippen molar-refractivity contribution in [2.75, 3.05) is 20.3 Å². The molecule has 0 aliphatic heterocycles. The Morgan fingerprint density at radius 1 is 1.24 bits per heavy atom. The number of nitrogens with zero attached hydrogens (tertiary/aromatic N) is 1. The smallest absolute Gasteiger partial charge is 0.138 e. The molecule has 1 heterocycles. The van der Waals surface area contributed by atoms with E-state index in [9.17, 15) is 0 Å². The highest BCUT2D eigenvalue weighted by molar-refractivity contribution is 5.63. The summed E-state index contributed by atoms with van der Waals surface area (Å²) in [5.41, 5.74) is 2.11. The van der Waals surface area contributed by atoms with Crippen LogP contribution in [0, 0.1) is 6.07 Å². The molecule has 0 spiro atoms. The second kappa shape index (κ2) is 6.01. The molecule has 0 atom stereocenters. The summed E-state index contributed by atoms with van der Waals surface area (Å²) in [4.78, 5) is 4.16. The first-order chi connectivity index (χ1) is 8.40. The second-order valence-corrected chi connectivity index (χ2v) is 3.54. The van der Waals surface area contributed by atoms with Gasteiger partial charge in [0.1, 0.15) is 12.4 Å². The molecule has 0 aliphatic rings. The van der Waals surface area contributed by atoms with E-state index in [-0.39, 0.29) is 0 Å². The number of rotatable bonds is 5. The van der Waals surface area contributed by atoms with Gasteiger partial charge in [-0.2, -0.15) is 0 Å². The largest absolute Gasteiger partial charge is 0.490 e. The van der Waals surface area contributed by atoms with Crippen molar-refractivity contribution in [3.8, 4) is 16.9 Å². The van der Waals surface area contributed by atoms with Gasteiger partial charge in [0.25, 0.3) is 0 Å². The zero-order chi connectivity index (χ0) is 11.9. The Balaban J connectivity index is 2.12. The lowest BCUT2D eigenvalue weighted by atomic mass is 10.1. The van der Waals surface area contributed by atoms with Crippen molar-refractivity contribution in [3.05, 3.63) is 48.8 Å². The van der Waals surface area contributed by atoms with Gasteiger partial charge in [-0.25, -0.2) is 0 Å². The molecule has 0 unspecified atom stereocenters. The first-order valence-electron chi connectivity index (χ1n) is 5.43. The molecule has 2 rings (SSSR count). The molecular weight excluding hydrogens is 214 g/mol. The van der Waals surface area contributed by atoms with Gasteiger partial charge >= 0.3 is 0 Å². The summed E-state index contributed by atoms with van der Waals surface area (Å²) in [7, 11) is 1.65. The molecule has 0 N–H and O–H groups in total. The number of aromatic nitrogens is 1. The van der Waals surface area contributed by atoms with Crippen molar-refractivity contribution < 1.29 is 9.47 Å². The number of hydrogen-bond donors (Lipinski definition) is 0. The van der Waals surface area contributed by atoms with E-state index in [2.05, 4.69) is 11.1 Å². The summed E-state index contributed by atoms with van der Waals surface area (Å²) < 4.78 is 10.4. The van der Waals surface area contributed by atoms with Gasteiger partial charge in [-0.1, -0.05) is 18.2 Å². The van der Waals surface area contributed by atoms with Crippen LogP contribution in [0.1, 0.15) is 0 Å². The SMILES string of the molecule is COCCOc1cncc(-c2c[c]ccc2)c1. The third-order valence-corrected chi connectivity index (χ3v) is 2.31. The molecule has 87 valence electrons. The fraction of sp³-hybridized carbons (Fsp3) is 0.214. The molecule has 1 aromatic heterocycles. The lowest BCUT2D eigenvalue weighted by molar-refractivity contribution is 0.146. The van der Waals surface area contributed by atoms with Crippen LogP contribution in [0.4, 0.5) is 0 Å². The molecule has 2 aromatic rings. The summed E-state index contributed by atoms with van der Waals surface area (Å²) in [6.07, 6.45) is 3.51. The van der Waals surface area contributed by atoms with Gasteiger partial charge in [0.2, 0.25) is 0 Å². The maximum Gasteiger partial charge on any atom is 0.138 e. The normalized spacial score (nSPS) is 10.2. The van der Waals surface area contributed by atoms with E-state index >= 15 is 0 Å². The van der Waals surface area contributed by atoms with Crippen LogP contribution in [-0.4, -0.2) is 25.3 Å². The van der Waals surface area contributed by atoms with E-state index < -0.39 is 0 Å². The molecule has 3 heteroatoms. The lowest BCUT2D eigenvalue weighted by Gasteiger charge is -2.06. The Bertz CT molecular complexity index is 457. The van der Waals surface area contributed by atoms with E-state index in [4.69, 9.17) is 9.47 Å². The molecule has 1 radical (unpaired) electrons. The predicted molar refractivity (Wildman–Crippen MR) is 65.9 cm³/mol. The molecule has 3 nitrogen and oxygen atoms in total. The van der Waals surface area contributed by atoms with Crippen LogP contribution in [-0.2, 0) is 4.74 Å². The predicted octanol–water partition coefficient (Wildman–Crippen LogP) is 2.57. The standard InChI is InChI=1S/C14H14NO2/c1-16-7-8-17-14-9-13(10-15-11-14)12-5-3-2-4-6-12/h2-3,5-6,9-11H,7-8H2,1H3. The Kier molecular flexibility index (Phi) is 4.11. The summed E-state index contributed by atoms with van der Waals surface area (Å²) in [5, 5.41) is 0. The van der Waals surface area contributed by atoms with E-state index in [0.29, 0.717) is 13.2 Å². The number of hydrogen-bond acceptors (Lipinski definition) is 3. The molecule has 0 bridgehead atoms. The third-order valence-electron chi connectivity index (χ3n) is 2.31. The maximum absolute atomic E-state index is 5.51. The molecule has 0 aliphatic carbocycles. The Morgan fingerprint density at radius 3 is 2.94 bits per heavy atom. The molecule has 17 heavy (non-hydrogen) atoms. The minimum Gasteiger partial charge on any atom is -0.490 e. The highest BCUT2D eigenvalue weighted by Crippen LogP contribution is 2.21. The second-order valence-electron chi connectivity index (χ2n) is 3.54. The van der Waals surface area contributed by atoms with Crippen molar-refractivity contribution in [1.82, 2.24) is 4.98 Å². The van der Waals surface area contributed by atoms with Crippen LogP contribution in [0.25, 0.3) is 11.1 Å². The highest BCUT2D eigenvalue weighted by atomic mass is 16.5. The Hall–Kier alpha value is -1.87. The molecule has 0 saturated heterocycles. The van der Waals surface area contributed by atoms with Crippen LogP contribution in [0.5, 0.6) is 5.75 Å². The number of ether oxygens (including phenoxy) is 2. The van der Waals surface area contributed by atoms with Gasteiger partial charge in [0.15, 0.2) is 0 Å². The number of methoxy groups -OCH3 is 1. The first kappa shape index (κ1) is 11.6. The van der Waals surface area contributed by atoms with Crippen molar-refractivity contribution in [2.45, 2.75) is 0 Å². The molecule has 1 aromatic carbocycles. The minimum atomic E-state index is 0.530. The fourth-order valence-electron chi connectivity index (χ4n) is 1.47. The van der Waals surface area contributed by atoms with Crippen LogP contribution < -0.4 is 4.74 Å². The zero-order valence-corrected chi connectivity index (χ0v) is 9.72. The lowest BCUT2D eigenvalue weighted by Crippen LogP contribution is -2.04. The number of pyridine rings is 1. The molecule has 0 saturated carbocycles. The van der Waals surface area contributed by atoms with Crippen LogP contribution in [0.15, 0.2) is 42.7 Å². The van der Waals surface area contributed by atoms with Gasteiger partial charge in [0.05, 0.1) is 12.8 Å². The van der Waals surface area contributed by atoms with Crippen molar-refractivity contribution >= 4 is 0 Å². The fourth-order valence-corrected chi connectivity index (χ4v) is 1.47. The summed E-state index contributed by atoms with van der Waals surface area (Å²) in [5.74, 6) is 0.753. The zero-order valence-electron chi connectivity index (χ0n) is 9.72. The number of benzene rings is 1. The first-order valence-corrected chi connectivity index (χ1v) is 5.43. The Morgan fingerprint density at radius 2 is 2.18 bits per heavy atom. The van der Waals surface area contributed by atoms with Crippen LogP contribution >= 0.6 is 0 Å². The van der Waals surface area contributed by atoms with Gasteiger partial charge in [0, 0.05) is 18.9 Å². The maximum atomic E-state index is 5.51. The highest BCUT2D eigenvalue weighted by Gasteiger charge is 2.00.